The van der Waals surface area contributed by atoms with Gasteiger partial charge >= 0.3 is 12.0 Å². The fourth-order valence-corrected chi connectivity index (χ4v) is 1.75. The number of carboxylic acid groups (broad SMARTS) is 1. The van der Waals surface area contributed by atoms with Crippen LogP contribution in [0.1, 0.15) is 25.8 Å². The number of hydrogen-bond acceptors (Lipinski definition) is 2. The van der Waals surface area contributed by atoms with Crippen LogP contribution < -0.4 is 10.6 Å². The number of para-hydroxylation sites is 1. The Morgan fingerprint density at radius 1 is 1.42 bits per heavy atom. The Morgan fingerprint density at radius 2 is 2.05 bits per heavy atom. The monoisotopic (exact) mass is 284 g/mol. The van der Waals surface area contributed by atoms with E-state index in [1.807, 2.05) is 0 Å². The van der Waals surface area contributed by atoms with Gasteiger partial charge in [-0.2, -0.15) is 0 Å². The number of carbonyl (C=O) groups is 2. The number of anilines is 1. The van der Waals surface area contributed by atoms with E-state index < -0.39 is 17.5 Å². The number of carbonyl (C=O) groups excluding carboxylic acids is 1. The maximum absolute atomic E-state index is 11.9. The third kappa shape index (κ3) is 3.61. The molecule has 1 aromatic carbocycles. The smallest absolute Gasteiger partial charge is 0.329 e. The number of hydrogen-bond donors (Lipinski definition) is 3. The van der Waals surface area contributed by atoms with Gasteiger partial charge in [-0.05, 0) is 31.9 Å². The highest BCUT2D eigenvalue weighted by molar-refractivity contribution is 6.33. The molecule has 6 heteroatoms. The molecule has 5 nitrogen and oxygen atoms in total. The highest BCUT2D eigenvalue weighted by Crippen LogP contribution is 2.25. The fraction of sp³-hybridized carbons (Fsp3) is 0.385. The van der Waals surface area contributed by atoms with Gasteiger partial charge in [-0.15, -0.1) is 0 Å². The van der Waals surface area contributed by atoms with Crippen molar-refractivity contribution in [1.82, 2.24) is 5.32 Å². The first kappa shape index (κ1) is 15.3. The molecule has 0 saturated heterocycles. The lowest BCUT2D eigenvalue weighted by Gasteiger charge is -2.25. The standard InChI is InChI=1S/C13H17ClN2O3/c1-4-13(3,11(17)18)16-12(19)15-10-8(2)6-5-7-9(10)14/h5-7H,4H2,1-3H3,(H,17,18)(H2,15,16,19). The number of urea groups is 1. The summed E-state index contributed by atoms with van der Waals surface area (Å²) in [5.74, 6) is -1.08. The molecule has 0 aliphatic carbocycles. The minimum absolute atomic E-state index is 0.275. The molecule has 1 rings (SSSR count). The number of halogens is 1. The second-order valence-corrected chi connectivity index (χ2v) is 4.91. The summed E-state index contributed by atoms with van der Waals surface area (Å²) in [4.78, 5) is 23.0. The summed E-state index contributed by atoms with van der Waals surface area (Å²) in [7, 11) is 0. The predicted molar refractivity (Wildman–Crippen MR) is 74.7 cm³/mol. The molecular formula is C13H17ClN2O3. The van der Waals surface area contributed by atoms with Crippen LogP contribution in [-0.4, -0.2) is 22.6 Å². The van der Waals surface area contributed by atoms with E-state index in [2.05, 4.69) is 10.6 Å². The van der Waals surface area contributed by atoms with Gasteiger partial charge in [-0.1, -0.05) is 30.7 Å². The molecule has 2 amide bonds. The molecule has 0 fully saturated rings. The van der Waals surface area contributed by atoms with Crippen molar-refractivity contribution in [3.63, 3.8) is 0 Å². The molecule has 0 saturated carbocycles. The first-order valence-corrected chi connectivity index (χ1v) is 6.25. The third-order valence-corrected chi connectivity index (χ3v) is 3.34. The van der Waals surface area contributed by atoms with Gasteiger partial charge in [-0.25, -0.2) is 9.59 Å². The van der Waals surface area contributed by atoms with E-state index in [1.54, 1.807) is 32.0 Å². The van der Waals surface area contributed by atoms with Crippen LogP contribution in [0.2, 0.25) is 5.02 Å². The first-order valence-electron chi connectivity index (χ1n) is 5.88. The van der Waals surface area contributed by atoms with Crippen LogP contribution >= 0.6 is 11.6 Å². The molecule has 0 spiro atoms. The van der Waals surface area contributed by atoms with Crippen LogP contribution in [0, 0.1) is 6.92 Å². The molecule has 0 aromatic heterocycles. The fourth-order valence-electron chi connectivity index (χ4n) is 1.48. The Balaban J connectivity index is 2.84. The molecule has 104 valence electrons. The van der Waals surface area contributed by atoms with E-state index in [0.717, 1.165) is 5.56 Å². The molecule has 0 bridgehead atoms. The minimum Gasteiger partial charge on any atom is -0.480 e. The van der Waals surface area contributed by atoms with E-state index in [-0.39, 0.29) is 6.42 Å². The molecule has 1 unspecified atom stereocenters. The Kier molecular flexibility index (Phi) is 4.78. The van der Waals surface area contributed by atoms with Crippen LogP contribution in [0.5, 0.6) is 0 Å². The first-order chi connectivity index (χ1) is 8.80. The highest BCUT2D eigenvalue weighted by Gasteiger charge is 2.32. The van der Waals surface area contributed by atoms with Crippen molar-refractivity contribution in [3.05, 3.63) is 28.8 Å². The van der Waals surface area contributed by atoms with E-state index >= 15 is 0 Å². The van der Waals surface area contributed by atoms with Gasteiger partial charge in [-0.3, -0.25) is 0 Å². The molecular weight excluding hydrogens is 268 g/mol. The van der Waals surface area contributed by atoms with Gasteiger partial charge in [0.1, 0.15) is 5.54 Å². The second-order valence-electron chi connectivity index (χ2n) is 4.50. The highest BCUT2D eigenvalue weighted by atomic mass is 35.5. The summed E-state index contributed by atoms with van der Waals surface area (Å²) in [6.07, 6.45) is 0.275. The lowest BCUT2D eigenvalue weighted by molar-refractivity contribution is -0.143. The van der Waals surface area contributed by atoms with Crippen molar-refractivity contribution >= 4 is 29.3 Å². The average Bonchev–Trinajstić information content (AvgIpc) is 2.33. The number of carboxylic acids is 1. The number of aliphatic carboxylic acids is 1. The molecule has 0 aliphatic rings. The van der Waals surface area contributed by atoms with Crippen molar-refractivity contribution in [2.45, 2.75) is 32.7 Å². The maximum atomic E-state index is 11.9. The predicted octanol–water partition coefficient (Wildman–Crippen LogP) is 3.02. The maximum Gasteiger partial charge on any atom is 0.329 e. The molecule has 0 heterocycles. The van der Waals surface area contributed by atoms with Gasteiger partial charge in [0.25, 0.3) is 0 Å². The number of rotatable bonds is 4. The van der Waals surface area contributed by atoms with Crippen LogP contribution in [-0.2, 0) is 4.79 Å². The zero-order valence-corrected chi connectivity index (χ0v) is 11.8. The van der Waals surface area contributed by atoms with Gasteiger partial charge in [0.05, 0.1) is 10.7 Å². The van der Waals surface area contributed by atoms with E-state index in [4.69, 9.17) is 16.7 Å². The van der Waals surface area contributed by atoms with Crippen LogP contribution in [0.4, 0.5) is 10.5 Å². The van der Waals surface area contributed by atoms with Crippen molar-refractivity contribution in [1.29, 1.82) is 0 Å². The molecule has 0 radical (unpaired) electrons. The normalized spacial score (nSPS) is 13.5. The van der Waals surface area contributed by atoms with Crippen molar-refractivity contribution in [3.8, 4) is 0 Å². The van der Waals surface area contributed by atoms with Gasteiger partial charge in [0.15, 0.2) is 0 Å². The minimum atomic E-state index is -1.31. The van der Waals surface area contributed by atoms with Crippen LogP contribution in [0.15, 0.2) is 18.2 Å². The molecule has 3 N–H and O–H groups in total. The van der Waals surface area contributed by atoms with Gasteiger partial charge in [0.2, 0.25) is 0 Å². The van der Waals surface area contributed by atoms with Gasteiger partial charge < -0.3 is 15.7 Å². The lowest BCUT2D eigenvalue weighted by atomic mass is 10.00. The zero-order valence-electron chi connectivity index (χ0n) is 11.1. The topological polar surface area (TPSA) is 78.4 Å². The average molecular weight is 285 g/mol. The third-order valence-electron chi connectivity index (χ3n) is 3.03. The number of amides is 2. The van der Waals surface area contributed by atoms with Crippen LogP contribution in [0.25, 0.3) is 0 Å². The Labute approximate surface area is 117 Å². The summed E-state index contributed by atoms with van der Waals surface area (Å²) < 4.78 is 0. The lowest BCUT2D eigenvalue weighted by Crippen LogP contribution is -2.53. The molecule has 19 heavy (non-hydrogen) atoms. The van der Waals surface area contributed by atoms with Crippen molar-refractivity contribution in [2.75, 3.05) is 5.32 Å². The van der Waals surface area contributed by atoms with Crippen LogP contribution in [0.3, 0.4) is 0 Å². The molecule has 0 aliphatic heterocycles. The zero-order chi connectivity index (χ0) is 14.6. The summed E-state index contributed by atoms with van der Waals surface area (Å²) in [6, 6.07) is 4.63. The largest absolute Gasteiger partial charge is 0.480 e. The number of benzene rings is 1. The van der Waals surface area contributed by atoms with E-state index in [0.29, 0.717) is 10.7 Å². The summed E-state index contributed by atoms with van der Waals surface area (Å²) in [5, 5.41) is 14.5. The Morgan fingerprint density at radius 3 is 2.53 bits per heavy atom. The SMILES string of the molecule is CCC(C)(NC(=O)Nc1c(C)cccc1Cl)C(=O)O. The van der Waals surface area contributed by atoms with Crippen molar-refractivity contribution in [2.24, 2.45) is 0 Å². The Bertz CT molecular complexity index is 484. The quantitative estimate of drug-likeness (QED) is 0.795. The Hall–Kier alpha value is -1.75. The van der Waals surface area contributed by atoms with Gasteiger partial charge in [0, 0.05) is 0 Å². The van der Waals surface area contributed by atoms with E-state index in [1.165, 1.54) is 6.92 Å². The molecule has 1 atom stereocenters. The summed E-state index contributed by atoms with van der Waals surface area (Å²) in [6.45, 7) is 4.95. The number of nitrogens with one attached hydrogen (secondary N) is 2. The second kappa shape index (κ2) is 5.93. The molecule has 1 aromatic rings. The van der Waals surface area contributed by atoms with Crippen molar-refractivity contribution < 1.29 is 14.7 Å². The summed E-state index contributed by atoms with van der Waals surface area (Å²) >= 11 is 5.98. The number of aryl methyl sites for hydroxylation is 1. The van der Waals surface area contributed by atoms with E-state index in [9.17, 15) is 9.59 Å². The summed E-state index contributed by atoms with van der Waals surface area (Å²) in [5.41, 5.74) is -0.0270.